The van der Waals surface area contributed by atoms with Crippen molar-refractivity contribution in [2.24, 2.45) is 0 Å². The van der Waals surface area contributed by atoms with Crippen molar-refractivity contribution in [1.29, 1.82) is 0 Å². The molecule has 0 atom stereocenters. The first-order valence-corrected chi connectivity index (χ1v) is 9.40. The molecule has 0 aromatic carbocycles. The largest absolute Gasteiger partial charge is 0.466 e. The molecule has 1 saturated heterocycles. The van der Waals surface area contributed by atoms with Gasteiger partial charge in [-0.1, -0.05) is 6.07 Å². The summed E-state index contributed by atoms with van der Waals surface area (Å²) in [6.07, 6.45) is 4.09. The van der Waals surface area contributed by atoms with Crippen molar-refractivity contribution in [2.75, 3.05) is 39.3 Å². The number of hydrogen-bond acceptors (Lipinski definition) is 5. The lowest BCUT2D eigenvalue weighted by Crippen LogP contribution is -2.42. The van der Waals surface area contributed by atoms with Crippen LogP contribution in [0, 0.1) is 0 Å². The maximum absolute atomic E-state index is 11.3. The van der Waals surface area contributed by atoms with Crippen LogP contribution in [0.2, 0.25) is 0 Å². The Morgan fingerprint density at radius 1 is 1.32 bits per heavy atom. The van der Waals surface area contributed by atoms with Crippen LogP contribution < -0.4 is 5.32 Å². The average Bonchev–Trinajstić information content (AvgIpc) is 2.85. The van der Waals surface area contributed by atoms with Gasteiger partial charge in [-0.2, -0.15) is 0 Å². The van der Waals surface area contributed by atoms with Crippen LogP contribution in [0.5, 0.6) is 0 Å². The number of nitrogens with zero attached hydrogens (tertiary/aromatic N) is 3. The molecule has 0 spiro atoms. The number of ether oxygens (including phenoxy) is 1. The van der Waals surface area contributed by atoms with Crippen molar-refractivity contribution in [3.05, 3.63) is 30.1 Å². The predicted octanol–water partition coefficient (Wildman–Crippen LogP) is 1.81. The second kappa shape index (κ2) is 11.0. The summed E-state index contributed by atoms with van der Waals surface area (Å²) < 4.78 is 4.92. The predicted molar refractivity (Wildman–Crippen MR) is 102 cm³/mol. The fourth-order valence-corrected chi connectivity index (χ4v) is 3.11. The van der Waals surface area contributed by atoms with Crippen LogP contribution in [0.15, 0.2) is 24.4 Å². The minimum Gasteiger partial charge on any atom is -0.466 e. The summed E-state index contributed by atoms with van der Waals surface area (Å²) >= 11 is 5.50. The molecule has 1 fully saturated rings. The number of nitrogens with one attached hydrogen (secondary N) is 1. The Bertz CT molecular complexity index is 541. The number of hydrogen-bond donors (Lipinski definition) is 1. The zero-order valence-corrected chi connectivity index (χ0v) is 15.8. The van der Waals surface area contributed by atoms with Crippen LogP contribution in [0.3, 0.4) is 0 Å². The van der Waals surface area contributed by atoms with Gasteiger partial charge in [-0.3, -0.25) is 14.7 Å². The van der Waals surface area contributed by atoms with Crippen LogP contribution in [-0.2, 0) is 16.1 Å². The number of pyridine rings is 1. The lowest BCUT2D eigenvalue weighted by atomic mass is 10.3. The molecular weight excluding hydrogens is 336 g/mol. The maximum Gasteiger partial charge on any atom is 0.305 e. The highest BCUT2D eigenvalue weighted by atomic mass is 32.1. The van der Waals surface area contributed by atoms with Crippen molar-refractivity contribution < 1.29 is 9.53 Å². The molecule has 1 aliphatic rings. The molecule has 0 aliphatic carbocycles. The lowest BCUT2D eigenvalue weighted by molar-refractivity contribution is -0.143. The molecule has 1 N–H and O–H groups in total. The van der Waals surface area contributed by atoms with Gasteiger partial charge in [0.1, 0.15) is 0 Å². The van der Waals surface area contributed by atoms with Crippen LogP contribution in [-0.4, -0.2) is 65.2 Å². The van der Waals surface area contributed by atoms with Crippen LogP contribution in [0.25, 0.3) is 0 Å². The first-order valence-electron chi connectivity index (χ1n) is 8.99. The zero-order valence-electron chi connectivity index (χ0n) is 14.9. The molecule has 0 radical (unpaired) electrons. The average molecular weight is 365 g/mol. The Morgan fingerprint density at radius 2 is 2.20 bits per heavy atom. The van der Waals surface area contributed by atoms with Crippen LogP contribution >= 0.6 is 12.2 Å². The summed E-state index contributed by atoms with van der Waals surface area (Å²) in [6, 6.07) is 6.04. The van der Waals surface area contributed by atoms with Crippen molar-refractivity contribution >= 4 is 23.3 Å². The number of esters is 1. The lowest BCUT2D eigenvalue weighted by Gasteiger charge is -2.24. The van der Waals surface area contributed by atoms with Gasteiger partial charge in [0, 0.05) is 51.9 Å². The fraction of sp³-hybridized carbons (Fsp3) is 0.611. The van der Waals surface area contributed by atoms with Crippen molar-refractivity contribution in [3.63, 3.8) is 0 Å². The zero-order chi connectivity index (χ0) is 17.9. The second-order valence-corrected chi connectivity index (χ2v) is 6.47. The minimum absolute atomic E-state index is 0.143. The summed E-state index contributed by atoms with van der Waals surface area (Å²) in [5.41, 5.74) is 1.11. The molecule has 0 amide bonds. The molecule has 0 unspecified atom stereocenters. The van der Waals surface area contributed by atoms with Crippen LogP contribution in [0.4, 0.5) is 0 Å². The molecular formula is C18H28N4O2S. The van der Waals surface area contributed by atoms with Gasteiger partial charge < -0.3 is 15.0 Å². The summed E-state index contributed by atoms with van der Waals surface area (Å²) in [5.74, 6) is -0.143. The van der Waals surface area contributed by atoms with Gasteiger partial charge in [0.15, 0.2) is 5.11 Å². The van der Waals surface area contributed by atoms with E-state index in [2.05, 4.69) is 26.2 Å². The van der Waals surface area contributed by atoms with E-state index in [9.17, 15) is 4.79 Å². The Hall–Kier alpha value is -1.73. The highest BCUT2D eigenvalue weighted by Gasteiger charge is 2.17. The molecule has 0 saturated carbocycles. The highest BCUT2D eigenvalue weighted by Crippen LogP contribution is 2.07. The molecule has 2 heterocycles. The van der Waals surface area contributed by atoms with Gasteiger partial charge in [-0.25, -0.2) is 0 Å². The minimum atomic E-state index is -0.143. The Labute approximate surface area is 155 Å². The highest BCUT2D eigenvalue weighted by molar-refractivity contribution is 7.80. The quantitative estimate of drug-likeness (QED) is 0.450. The molecule has 1 aromatic rings. The molecule has 1 aliphatic heterocycles. The van der Waals surface area contributed by atoms with E-state index in [0.29, 0.717) is 19.6 Å². The van der Waals surface area contributed by atoms with Crippen molar-refractivity contribution in [3.8, 4) is 0 Å². The van der Waals surface area contributed by atoms with Gasteiger partial charge in [0.2, 0.25) is 0 Å². The molecule has 25 heavy (non-hydrogen) atoms. The third kappa shape index (κ3) is 7.36. The molecule has 0 bridgehead atoms. The summed E-state index contributed by atoms with van der Waals surface area (Å²) in [4.78, 5) is 20.4. The maximum atomic E-state index is 11.3. The summed E-state index contributed by atoms with van der Waals surface area (Å²) in [7, 11) is 0. The van der Waals surface area contributed by atoms with Gasteiger partial charge in [0.05, 0.1) is 12.3 Å². The number of rotatable bonds is 7. The van der Waals surface area contributed by atoms with E-state index in [-0.39, 0.29) is 5.97 Å². The van der Waals surface area contributed by atoms with Gasteiger partial charge in [-0.15, -0.1) is 0 Å². The standard InChI is InChI=1S/C18H28N4O2S/c1-2-24-17(23)8-5-10-20-18(25)22-12-6-11-21(13-14-22)15-16-7-3-4-9-19-16/h3-4,7,9H,2,5-6,8,10-15H2,1H3,(H,20,25). The van der Waals surface area contributed by atoms with E-state index in [1.165, 1.54) is 0 Å². The summed E-state index contributed by atoms with van der Waals surface area (Å²) in [5, 5.41) is 4.04. The fourth-order valence-electron chi connectivity index (χ4n) is 2.83. The first-order chi connectivity index (χ1) is 12.2. The van der Waals surface area contributed by atoms with E-state index in [1.54, 1.807) is 0 Å². The van der Waals surface area contributed by atoms with E-state index in [1.807, 2.05) is 25.3 Å². The van der Waals surface area contributed by atoms with E-state index >= 15 is 0 Å². The monoisotopic (exact) mass is 364 g/mol. The van der Waals surface area contributed by atoms with Gasteiger partial charge >= 0.3 is 5.97 Å². The number of thiocarbonyl (C=S) groups is 1. The second-order valence-electron chi connectivity index (χ2n) is 6.08. The molecule has 138 valence electrons. The van der Waals surface area contributed by atoms with Gasteiger partial charge in [-0.05, 0) is 44.1 Å². The van der Waals surface area contributed by atoms with E-state index < -0.39 is 0 Å². The third-order valence-corrected chi connectivity index (χ3v) is 4.53. The van der Waals surface area contributed by atoms with E-state index in [4.69, 9.17) is 17.0 Å². The normalized spacial score (nSPS) is 15.5. The van der Waals surface area contributed by atoms with Crippen molar-refractivity contribution in [2.45, 2.75) is 32.7 Å². The number of carbonyl (C=O) groups excluding carboxylic acids is 1. The Kier molecular flexibility index (Phi) is 8.62. The van der Waals surface area contributed by atoms with Gasteiger partial charge in [0.25, 0.3) is 0 Å². The van der Waals surface area contributed by atoms with Crippen molar-refractivity contribution in [1.82, 2.24) is 20.1 Å². The number of aromatic nitrogens is 1. The Balaban J connectivity index is 1.67. The third-order valence-electron chi connectivity index (χ3n) is 4.13. The molecule has 7 heteroatoms. The molecule has 1 aromatic heterocycles. The smallest absolute Gasteiger partial charge is 0.305 e. The molecule has 6 nitrogen and oxygen atoms in total. The first kappa shape index (κ1) is 19.6. The topological polar surface area (TPSA) is 57.7 Å². The van der Waals surface area contributed by atoms with E-state index in [0.717, 1.165) is 56.4 Å². The number of carbonyl (C=O) groups is 1. The van der Waals surface area contributed by atoms with Crippen LogP contribution in [0.1, 0.15) is 31.9 Å². The Morgan fingerprint density at radius 3 is 2.96 bits per heavy atom. The molecule has 2 rings (SSSR count). The SMILES string of the molecule is CCOC(=O)CCCNC(=S)N1CCCN(Cc2ccccn2)CC1. The summed E-state index contributed by atoms with van der Waals surface area (Å²) in [6.45, 7) is 7.74.